The number of anilines is 1. The molecule has 4 heterocycles. The van der Waals surface area contributed by atoms with Crippen molar-refractivity contribution in [3.8, 4) is 23.0 Å². The van der Waals surface area contributed by atoms with Gasteiger partial charge >= 0.3 is 0 Å². The van der Waals surface area contributed by atoms with Crippen molar-refractivity contribution in [1.82, 2.24) is 9.88 Å². The lowest BCUT2D eigenvalue weighted by Gasteiger charge is -2.33. The van der Waals surface area contributed by atoms with Crippen LogP contribution < -0.4 is 23.8 Å². The third-order valence-corrected chi connectivity index (χ3v) is 7.12. The fraction of sp³-hybridized carbons (Fsp3) is 0.333. The van der Waals surface area contributed by atoms with Crippen LogP contribution >= 0.6 is 0 Å². The molecule has 10 heteroatoms. The predicted molar refractivity (Wildman–Crippen MR) is 148 cm³/mol. The summed E-state index contributed by atoms with van der Waals surface area (Å²) in [5, 5.41) is 0.802. The van der Waals surface area contributed by atoms with Gasteiger partial charge in [0.25, 0.3) is 5.91 Å². The molecule has 10 nitrogen and oxygen atoms in total. The minimum atomic E-state index is -0.361. The molecule has 0 aliphatic carbocycles. The van der Waals surface area contributed by atoms with E-state index in [4.69, 9.17) is 33.1 Å². The molecule has 0 radical (unpaired) electrons. The summed E-state index contributed by atoms with van der Waals surface area (Å²) in [6.45, 7) is 3.46. The van der Waals surface area contributed by atoms with Gasteiger partial charge in [-0.05, 0) is 36.4 Å². The summed E-state index contributed by atoms with van der Waals surface area (Å²) in [5.74, 6) is 3.27. The number of morpholine rings is 1. The normalized spacial score (nSPS) is 16.6. The van der Waals surface area contributed by atoms with Crippen LogP contribution in [0.15, 0.2) is 65.5 Å². The highest BCUT2D eigenvalue weighted by Gasteiger charge is 2.29. The molecule has 1 amide bonds. The van der Waals surface area contributed by atoms with Crippen LogP contribution in [0.25, 0.3) is 10.9 Å². The summed E-state index contributed by atoms with van der Waals surface area (Å²) in [6.07, 6.45) is 2.59. The monoisotopic (exact) mass is 545 g/mol. The number of para-hydroxylation sites is 2. The van der Waals surface area contributed by atoms with Gasteiger partial charge in [0, 0.05) is 30.6 Å². The summed E-state index contributed by atoms with van der Waals surface area (Å²) in [5.41, 5.74) is 2.02. The van der Waals surface area contributed by atoms with E-state index < -0.39 is 0 Å². The Kier molecular flexibility index (Phi) is 7.33. The third kappa shape index (κ3) is 5.10. The molecule has 0 saturated carbocycles. The second-order valence-electron chi connectivity index (χ2n) is 9.63. The summed E-state index contributed by atoms with van der Waals surface area (Å²) in [4.78, 5) is 22.8. The molecular weight excluding hydrogens is 514 g/mol. The first-order valence-electron chi connectivity index (χ1n) is 13.2. The summed E-state index contributed by atoms with van der Waals surface area (Å²) in [6, 6.07) is 15.0. The number of benzene rings is 2. The van der Waals surface area contributed by atoms with Gasteiger partial charge in [0.2, 0.25) is 0 Å². The molecule has 0 spiro atoms. The van der Waals surface area contributed by atoms with Gasteiger partial charge in [-0.15, -0.1) is 0 Å². The first-order valence-corrected chi connectivity index (χ1v) is 13.2. The topological polar surface area (TPSA) is 95.7 Å². The molecule has 2 aromatic heterocycles. The van der Waals surface area contributed by atoms with Crippen molar-refractivity contribution in [2.45, 2.75) is 12.6 Å². The maximum atomic E-state index is 13.8. The number of furan rings is 1. The number of nitrogens with zero attached hydrogens (tertiary/aromatic N) is 3. The number of carbonyl (C=O) groups excluding carboxylic acids is 1. The number of aromatic nitrogens is 1. The Balaban J connectivity index is 1.40. The molecule has 1 unspecified atom stereocenters. The first-order chi connectivity index (χ1) is 19.6. The SMILES string of the molecule is COc1ccc(OC)c2nc(N3CCOCC3)c(CN(CC3COc4ccccc4O3)C(=O)c3ccoc3)cc12. The minimum Gasteiger partial charge on any atom is -0.496 e. The molecule has 0 N–H and O–H groups in total. The second kappa shape index (κ2) is 11.4. The van der Waals surface area contributed by atoms with Gasteiger partial charge in [-0.2, -0.15) is 0 Å². The molecular formula is C30H31N3O7. The number of ether oxygens (including phenoxy) is 5. The summed E-state index contributed by atoms with van der Waals surface area (Å²) in [7, 11) is 3.25. The van der Waals surface area contributed by atoms with Gasteiger partial charge in [0.05, 0.1) is 45.8 Å². The Labute approximate surface area is 231 Å². The molecule has 2 aliphatic rings. The second-order valence-corrected chi connectivity index (χ2v) is 9.63. The van der Waals surface area contributed by atoms with E-state index in [9.17, 15) is 4.79 Å². The quantitative estimate of drug-likeness (QED) is 0.323. The Morgan fingerprint density at radius 2 is 1.82 bits per heavy atom. The van der Waals surface area contributed by atoms with E-state index in [-0.39, 0.29) is 18.6 Å². The summed E-state index contributed by atoms with van der Waals surface area (Å²) < 4.78 is 34.3. The average molecular weight is 546 g/mol. The van der Waals surface area contributed by atoms with E-state index in [1.54, 1.807) is 25.2 Å². The maximum Gasteiger partial charge on any atom is 0.257 e. The number of amides is 1. The van der Waals surface area contributed by atoms with E-state index in [2.05, 4.69) is 4.90 Å². The average Bonchev–Trinajstić information content (AvgIpc) is 3.55. The highest BCUT2D eigenvalue weighted by Crippen LogP contribution is 2.37. The van der Waals surface area contributed by atoms with Crippen LogP contribution in [0.1, 0.15) is 15.9 Å². The van der Waals surface area contributed by atoms with Crippen molar-refractivity contribution in [2.75, 3.05) is 58.6 Å². The van der Waals surface area contributed by atoms with Gasteiger partial charge in [-0.25, -0.2) is 4.98 Å². The van der Waals surface area contributed by atoms with Crippen LogP contribution in [0, 0.1) is 0 Å². The van der Waals surface area contributed by atoms with Crippen LogP contribution in [0.2, 0.25) is 0 Å². The molecule has 1 atom stereocenters. The van der Waals surface area contributed by atoms with Crippen molar-refractivity contribution in [3.63, 3.8) is 0 Å². The largest absolute Gasteiger partial charge is 0.496 e. The molecule has 4 aromatic rings. The Morgan fingerprint density at radius 3 is 2.58 bits per heavy atom. The fourth-order valence-corrected chi connectivity index (χ4v) is 5.14. The van der Waals surface area contributed by atoms with Crippen molar-refractivity contribution in [3.05, 3.63) is 72.2 Å². The van der Waals surface area contributed by atoms with E-state index in [1.807, 2.05) is 42.5 Å². The zero-order valence-corrected chi connectivity index (χ0v) is 22.5. The van der Waals surface area contributed by atoms with Crippen LogP contribution in [0.4, 0.5) is 5.82 Å². The van der Waals surface area contributed by atoms with Crippen LogP contribution in [-0.4, -0.2) is 75.6 Å². The van der Waals surface area contributed by atoms with Crippen LogP contribution in [0.3, 0.4) is 0 Å². The summed E-state index contributed by atoms with van der Waals surface area (Å²) >= 11 is 0. The smallest absolute Gasteiger partial charge is 0.257 e. The number of fused-ring (bicyclic) bond motifs is 2. The van der Waals surface area contributed by atoms with Gasteiger partial charge in [-0.1, -0.05) is 12.1 Å². The lowest BCUT2D eigenvalue weighted by molar-refractivity contribution is 0.0443. The van der Waals surface area contributed by atoms with Gasteiger partial charge in [0.1, 0.15) is 35.7 Å². The molecule has 2 aromatic carbocycles. The Morgan fingerprint density at radius 1 is 1.05 bits per heavy atom. The number of rotatable bonds is 8. The zero-order valence-electron chi connectivity index (χ0n) is 22.5. The number of pyridine rings is 1. The maximum absolute atomic E-state index is 13.8. The van der Waals surface area contributed by atoms with Crippen molar-refractivity contribution in [2.24, 2.45) is 0 Å². The van der Waals surface area contributed by atoms with Crippen molar-refractivity contribution in [1.29, 1.82) is 0 Å². The zero-order chi connectivity index (χ0) is 27.5. The molecule has 1 saturated heterocycles. The van der Waals surface area contributed by atoms with Crippen molar-refractivity contribution < 1.29 is 32.9 Å². The Hall–Kier alpha value is -4.44. The lowest BCUT2D eigenvalue weighted by Crippen LogP contribution is -2.44. The molecule has 208 valence electrons. The van der Waals surface area contributed by atoms with Crippen LogP contribution in [0.5, 0.6) is 23.0 Å². The molecule has 0 bridgehead atoms. The lowest BCUT2D eigenvalue weighted by atomic mass is 10.1. The number of methoxy groups -OCH3 is 2. The van der Waals surface area contributed by atoms with Crippen LogP contribution in [-0.2, 0) is 11.3 Å². The molecule has 2 aliphatic heterocycles. The van der Waals surface area contributed by atoms with E-state index in [0.29, 0.717) is 73.5 Å². The van der Waals surface area contributed by atoms with E-state index >= 15 is 0 Å². The van der Waals surface area contributed by atoms with Gasteiger partial charge in [0.15, 0.2) is 17.6 Å². The van der Waals surface area contributed by atoms with Gasteiger partial charge < -0.3 is 37.9 Å². The highest BCUT2D eigenvalue weighted by atomic mass is 16.6. The number of hydrogen-bond donors (Lipinski definition) is 0. The standard InChI is InChI=1S/C30H31N3O7/c1-35-24-7-8-27(36-2)28-23(24)15-21(29(31-28)32-10-13-37-14-11-32)16-33(30(34)20-9-12-38-18-20)17-22-19-39-25-5-3-4-6-26(25)40-22/h3-9,12,15,18,22H,10-11,13-14,16-17,19H2,1-2H3. The highest BCUT2D eigenvalue weighted by molar-refractivity contribution is 5.95. The van der Waals surface area contributed by atoms with Gasteiger partial charge in [-0.3, -0.25) is 4.79 Å². The van der Waals surface area contributed by atoms with Crippen molar-refractivity contribution >= 4 is 22.6 Å². The third-order valence-electron chi connectivity index (χ3n) is 7.12. The fourth-order valence-electron chi connectivity index (χ4n) is 5.14. The van der Waals surface area contributed by atoms with E-state index in [0.717, 1.165) is 16.8 Å². The van der Waals surface area contributed by atoms with E-state index in [1.165, 1.54) is 12.5 Å². The predicted octanol–water partition coefficient (Wildman–Crippen LogP) is 4.16. The molecule has 40 heavy (non-hydrogen) atoms. The minimum absolute atomic E-state index is 0.179. The number of hydrogen-bond acceptors (Lipinski definition) is 9. The number of carbonyl (C=O) groups is 1. The first kappa shape index (κ1) is 25.8. The Bertz CT molecular complexity index is 1480. The molecule has 6 rings (SSSR count). The molecule has 1 fully saturated rings.